The summed E-state index contributed by atoms with van der Waals surface area (Å²) < 4.78 is 12.8. The summed E-state index contributed by atoms with van der Waals surface area (Å²) in [6, 6.07) is 22.4. The summed E-state index contributed by atoms with van der Waals surface area (Å²) >= 11 is 0. The Morgan fingerprint density at radius 2 is 1.47 bits per heavy atom. The number of nitrogens with zero attached hydrogens (tertiary/aromatic N) is 2. The molecule has 0 aliphatic carbocycles. The Hall–Kier alpha value is -4.06. The molecule has 0 amide bonds. The number of carbonyl (C=O) groups is 1. The molecule has 1 N–H and O–H groups in total. The van der Waals surface area contributed by atoms with Gasteiger partial charge in [-0.3, -0.25) is 9.78 Å². The van der Waals surface area contributed by atoms with Crippen LogP contribution < -0.4 is 0 Å². The van der Waals surface area contributed by atoms with Gasteiger partial charge < -0.3 is 13.9 Å². The van der Waals surface area contributed by atoms with Crippen molar-refractivity contribution in [2.45, 2.75) is 121 Å². The molecule has 3 aromatic carbocycles. The van der Waals surface area contributed by atoms with Crippen LogP contribution in [-0.4, -0.2) is 20.9 Å². The van der Waals surface area contributed by atoms with Crippen LogP contribution in [-0.2, 0) is 36.7 Å². The molecule has 0 atom stereocenters. The summed E-state index contributed by atoms with van der Waals surface area (Å²) in [7, 11) is 0. The van der Waals surface area contributed by atoms with E-state index in [4.69, 9.17) is 8.83 Å². The van der Waals surface area contributed by atoms with E-state index in [0.717, 1.165) is 82.3 Å². The first kappa shape index (κ1) is 43.7. The Morgan fingerprint density at radius 3 is 2.09 bits per heavy atom. The maximum atomic E-state index is 12.2. The topological polar surface area (TPSA) is 89.4 Å². The van der Waals surface area contributed by atoms with Gasteiger partial charge in [-0.05, 0) is 56.4 Å². The number of aryl methyl sites for hydroxylation is 1. The minimum atomic E-state index is -0.337. The van der Waals surface area contributed by atoms with Crippen LogP contribution >= 0.6 is 0 Å². The molecule has 0 fully saturated rings. The summed E-state index contributed by atoms with van der Waals surface area (Å²) in [5, 5.41) is 13.6. The number of aromatic nitrogens is 2. The van der Waals surface area contributed by atoms with Crippen LogP contribution in [0.25, 0.3) is 55.4 Å². The van der Waals surface area contributed by atoms with E-state index >= 15 is 0 Å². The van der Waals surface area contributed by atoms with Crippen molar-refractivity contribution in [1.29, 1.82) is 0 Å². The van der Waals surface area contributed by atoms with Gasteiger partial charge in [0.1, 0.15) is 40.3 Å². The number of aliphatic hydroxyl groups excluding tert-OH is 1. The summed E-state index contributed by atoms with van der Waals surface area (Å²) in [6.07, 6.45) is 7.34. The number of allylic oxidation sites excluding steroid dienone is 2. The van der Waals surface area contributed by atoms with Crippen molar-refractivity contribution in [2.24, 2.45) is 16.7 Å². The number of carbonyl (C=O) groups excluding carboxylic acids is 1. The molecule has 6 rings (SSSR count). The molecule has 0 bridgehead atoms. The molecule has 0 aliphatic rings. The van der Waals surface area contributed by atoms with Crippen LogP contribution in [0.5, 0.6) is 0 Å². The van der Waals surface area contributed by atoms with Crippen molar-refractivity contribution in [1.82, 2.24) is 9.97 Å². The third-order valence-corrected chi connectivity index (χ3v) is 11.7. The third kappa shape index (κ3) is 9.00. The Bertz CT molecular complexity index is 2290. The number of aliphatic hydroxyl groups is 1. The maximum absolute atomic E-state index is 12.2. The van der Waals surface area contributed by atoms with Gasteiger partial charge in [0.2, 0.25) is 0 Å². The van der Waals surface area contributed by atoms with Gasteiger partial charge in [-0.2, -0.15) is 0 Å². The quantitative estimate of drug-likeness (QED) is 0.0791. The Kier molecular flexibility index (Phi) is 13.8. The van der Waals surface area contributed by atoms with Crippen molar-refractivity contribution in [3.05, 3.63) is 95.7 Å². The normalized spacial score (nSPS) is 12.6. The maximum Gasteiger partial charge on any atom is 0.164 e. The summed E-state index contributed by atoms with van der Waals surface area (Å²) in [4.78, 5) is 21.4. The summed E-state index contributed by atoms with van der Waals surface area (Å²) in [6.45, 7) is 25.3. The number of rotatable bonds is 11. The number of hydrogen-bond donors (Lipinski definition) is 1. The zero-order valence-electron chi connectivity index (χ0n) is 34.9. The van der Waals surface area contributed by atoms with E-state index in [0.29, 0.717) is 11.5 Å². The minimum absolute atomic E-state index is 0. The second-order valence-electron chi connectivity index (χ2n) is 16.8. The van der Waals surface area contributed by atoms with Crippen molar-refractivity contribution < 1.29 is 38.8 Å². The van der Waals surface area contributed by atoms with Gasteiger partial charge in [-0.1, -0.05) is 117 Å². The molecule has 0 saturated heterocycles. The molecule has 0 unspecified atom stereocenters. The Balaban J connectivity index is 0.000000320. The largest absolute Gasteiger partial charge is 0.512 e. The zero-order valence-corrected chi connectivity index (χ0v) is 37.3. The molecule has 3 aromatic heterocycles. The van der Waals surface area contributed by atoms with E-state index in [9.17, 15) is 9.90 Å². The molecule has 0 aliphatic heterocycles. The van der Waals surface area contributed by atoms with Crippen molar-refractivity contribution in [3.63, 3.8) is 0 Å². The number of benzene rings is 3. The van der Waals surface area contributed by atoms with Gasteiger partial charge >= 0.3 is 0 Å². The monoisotopic (exact) mass is 920 g/mol. The van der Waals surface area contributed by atoms with Gasteiger partial charge in [-0.15, -0.1) is 29.1 Å². The van der Waals surface area contributed by atoms with Gasteiger partial charge in [0.25, 0.3) is 0 Å². The van der Waals surface area contributed by atoms with E-state index in [-0.39, 0.29) is 47.9 Å². The number of hydrogen-bond acceptors (Lipinski definition) is 6. The van der Waals surface area contributed by atoms with Gasteiger partial charge in [-0.25, -0.2) is 4.98 Å². The predicted molar refractivity (Wildman–Crippen MR) is 224 cm³/mol. The molecular weight excluding hydrogens is 861 g/mol. The standard InChI is InChI=1S/C33H31N2O2.C15H28O2.Ir/c1-19(2)14-26-20(3)36-31-24(26)12-9-13-25(31)29-17-28-32(37-29)30(35-18-34-28)22-15-21-10-7-8-11-23(21)27(16-22)33(4,5)6;1-7-14(5,8-2)12(16)11-13(17)15(6,9-3)10-4;/h7-13,16-19H,14H2,1-6H3;11,16H,7-10H2,1-6H3;/q-1;;/b;12-11-;. The second-order valence-corrected chi connectivity index (χ2v) is 16.8. The van der Waals surface area contributed by atoms with Crippen molar-refractivity contribution in [2.75, 3.05) is 0 Å². The SMILES string of the molecule is CCC(C)(CC)C(=O)/C=C(\O)C(C)(CC)CC.Cc1oc2c(-c3cc4ncnc(-c5[c-]c6ccccc6c(C(C)(C)C)c5)c4o3)cccc2c1CC(C)C.[Ir]. The van der Waals surface area contributed by atoms with Crippen molar-refractivity contribution in [3.8, 4) is 22.6 Å². The average molecular weight is 920 g/mol. The molecular formula is C48H59IrN2O4-. The molecule has 3 heterocycles. The molecule has 6 nitrogen and oxygen atoms in total. The Morgan fingerprint density at radius 1 is 0.836 bits per heavy atom. The van der Waals surface area contributed by atoms with Gasteiger partial charge in [0, 0.05) is 54.0 Å². The second kappa shape index (κ2) is 17.4. The van der Waals surface area contributed by atoms with E-state index in [1.54, 1.807) is 6.33 Å². The first-order valence-electron chi connectivity index (χ1n) is 19.7. The van der Waals surface area contributed by atoms with E-state index in [1.165, 1.54) is 22.6 Å². The predicted octanol–water partition coefficient (Wildman–Crippen LogP) is 13.7. The van der Waals surface area contributed by atoms with Crippen LogP contribution in [0.4, 0.5) is 0 Å². The number of furan rings is 2. The summed E-state index contributed by atoms with van der Waals surface area (Å²) in [5.74, 6) is 2.52. The van der Waals surface area contributed by atoms with Crippen LogP contribution in [0.15, 0.2) is 81.6 Å². The number of ketones is 1. The molecule has 0 spiro atoms. The van der Waals surface area contributed by atoms with E-state index in [2.05, 4.69) is 99.2 Å². The third-order valence-electron chi connectivity index (χ3n) is 11.7. The van der Waals surface area contributed by atoms with Gasteiger partial charge in [0.05, 0.1) is 11.3 Å². The molecule has 0 saturated carbocycles. The van der Waals surface area contributed by atoms with Crippen LogP contribution in [0.1, 0.15) is 119 Å². The minimum Gasteiger partial charge on any atom is -0.512 e. The van der Waals surface area contributed by atoms with E-state index < -0.39 is 0 Å². The summed E-state index contributed by atoms with van der Waals surface area (Å²) in [5.41, 5.74) is 6.74. The van der Waals surface area contributed by atoms with Crippen LogP contribution in [0.3, 0.4) is 0 Å². The zero-order chi connectivity index (χ0) is 39.6. The van der Waals surface area contributed by atoms with Crippen molar-refractivity contribution >= 4 is 38.6 Å². The fourth-order valence-corrected chi connectivity index (χ4v) is 6.99. The number of para-hydroxylation sites is 1. The smallest absolute Gasteiger partial charge is 0.164 e. The Labute approximate surface area is 341 Å². The number of fused-ring (bicyclic) bond motifs is 3. The molecule has 295 valence electrons. The van der Waals surface area contributed by atoms with Gasteiger partial charge in [0.15, 0.2) is 5.78 Å². The fraction of sp³-hybridized carbons (Fsp3) is 0.438. The molecule has 7 heteroatoms. The molecule has 1 radical (unpaired) electrons. The molecule has 6 aromatic rings. The van der Waals surface area contributed by atoms with Crippen LogP contribution in [0, 0.1) is 29.7 Å². The molecule has 55 heavy (non-hydrogen) atoms. The average Bonchev–Trinajstić information content (AvgIpc) is 3.73. The first-order chi connectivity index (χ1) is 25.5. The fourth-order valence-electron chi connectivity index (χ4n) is 6.99. The first-order valence-corrected chi connectivity index (χ1v) is 19.7. The van der Waals surface area contributed by atoms with E-state index in [1.807, 2.05) is 54.5 Å². The van der Waals surface area contributed by atoms with Crippen LogP contribution in [0.2, 0.25) is 0 Å².